The van der Waals surface area contributed by atoms with Gasteiger partial charge in [0.15, 0.2) is 0 Å². The topological polar surface area (TPSA) is 15.8 Å². The van der Waals surface area contributed by atoms with Crippen LogP contribution in [-0.2, 0) is 0 Å². The van der Waals surface area contributed by atoms with Crippen molar-refractivity contribution in [2.75, 3.05) is 13.1 Å². The molecule has 1 fully saturated rings. The van der Waals surface area contributed by atoms with E-state index < -0.39 is 0 Å². The van der Waals surface area contributed by atoms with Gasteiger partial charge in [0.05, 0.1) is 31.4 Å². The molecule has 0 bridgehead atoms. The maximum atomic E-state index is 4.79. The van der Waals surface area contributed by atoms with Gasteiger partial charge in [-0.2, -0.15) is 0 Å². The fourth-order valence-electron chi connectivity index (χ4n) is 2.38. The Labute approximate surface area is 95.0 Å². The number of quaternary nitrogens is 1. The minimum Gasteiger partial charge on any atom is -0.310 e. The molecule has 15 heavy (non-hydrogen) atoms. The molecule has 1 N–H and O–H groups in total. The molecular formula is C12H15N2S+. The molecule has 3 rings (SSSR count). The average Bonchev–Trinajstić information content (AvgIpc) is 2.84. The van der Waals surface area contributed by atoms with Crippen molar-refractivity contribution >= 4 is 29.5 Å². The number of nitrogens with one attached hydrogen (secondary N) is 1. The number of hydrogen-bond donors (Lipinski definition) is 2. The number of hydrogen-bond acceptors (Lipinski definition) is 1. The fourth-order valence-corrected chi connectivity index (χ4v) is 2.77. The van der Waals surface area contributed by atoms with Crippen molar-refractivity contribution in [3.63, 3.8) is 0 Å². The van der Waals surface area contributed by atoms with Gasteiger partial charge < -0.3 is 4.98 Å². The van der Waals surface area contributed by atoms with Crippen LogP contribution < -0.4 is 3.89 Å². The van der Waals surface area contributed by atoms with Gasteiger partial charge in [0.25, 0.3) is 0 Å². The highest BCUT2D eigenvalue weighted by Gasteiger charge is 2.32. The molecule has 1 aromatic carbocycles. The fraction of sp³-hybridized carbons (Fsp3) is 0.333. The van der Waals surface area contributed by atoms with E-state index in [1.165, 1.54) is 29.6 Å². The highest BCUT2D eigenvalue weighted by atomic mass is 32.1. The Balaban J connectivity index is 2.11. The lowest BCUT2D eigenvalue weighted by molar-refractivity contribution is 0.559. The summed E-state index contributed by atoms with van der Waals surface area (Å²) in [6, 6.07) is 10.6. The number of H-pyrrole nitrogens is 1. The molecule has 1 aliphatic rings. The third-order valence-corrected chi connectivity index (χ3v) is 3.89. The quantitative estimate of drug-likeness (QED) is 0.541. The smallest absolute Gasteiger partial charge is 0.217 e. The SMILES string of the molecule is S[N+]1(c2cc3ccccc3[nH]2)CCCC1. The number of nitrogens with zero attached hydrogens (tertiary/aromatic N) is 1. The predicted octanol–water partition coefficient (Wildman–Crippen LogP) is 3.11. The first-order chi connectivity index (χ1) is 7.28. The van der Waals surface area contributed by atoms with Crippen LogP contribution in [0.4, 0.5) is 5.82 Å². The van der Waals surface area contributed by atoms with Gasteiger partial charge in [-0.1, -0.05) is 18.2 Å². The van der Waals surface area contributed by atoms with E-state index in [1.807, 2.05) is 0 Å². The molecule has 3 heteroatoms. The number of benzene rings is 1. The second-order valence-electron chi connectivity index (χ2n) is 4.32. The molecule has 1 aromatic heterocycles. The first-order valence-corrected chi connectivity index (χ1v) is 5.86. The number of rotatable bonds is 1. The summed E-state index contributed by atoms with van der Waals surface area (Å²) >= 11 is 4.79. The molecule has 0 saturated carbocycles. The summed E-state index contributed by atoms with van der Waals surface area (Å²) < 4.78 is 0.773. The highest BCUT2D eigenvalue weighted by Crippen LogP contribution is 2.33. The second kappa shape index (κ2) is 3.29. The predicted molar refractivity (Wildman–Crippen MR) is 68.0 cm³/mol. The Hall–Kier alpha value is -0.930. The van der Waals surface area contributed by atoms with Crippen LogP contribution in [0, 0.1) is 0 Å². The van der Waals surface area contributed by atoms with Crippen molar-refractivity contribution in [1.82, 2.24) is 8.87 Å². The maximum Gasteiger partial charge on any atom is 0.217 e. The maximum absolute atomic E-state index is 4.79. The van der Waals surface area contributed by atoms with Gasteiger partial charge in [-0.15, -0.1) is 0 Å². The Bertz CT molecular complexity index is 450. The largest absolute Gasteiger partial charge is 0.310 e. The lowest BCUT2D eigenvalue weighted by Gasteiger charge is -2.23. The molecule has 78 valence electrons. The average molecular weight is 219 g/mol. The molecule has 1 aliphatic heterocycles. The zero-order chi connectivity index (χ0) is 10.3. The van der Waals surface area contributed by atoms with Gasteiger partial charge in [-0.3, -0.25) is 0 Å². The summed E-state index contributed by atoms with van der Waals surface area (Å²) in [5, 5.41) is 1.28. The van der Waals surface area contributed by atoms with Crippen LogP contribution >= 0.6 is 12.8 Å². The van der Waals surface area contributed by atoms with Crippen LogP contribution in [-0.4, -0.2) is 18.1 Å². The minimum absolute atomic E-state index is 0.773. The number of fused-ring (bicyclic) bond motifs is 1. The lowest BCUT2D eigenvalue weighted by atomic mass is 10.2. The molecule has 0 amide bonds. The Morgan fingerprint density at radius 3 is 2.60 bits per heavy atom. The van der Waals surface area contributed by atoms with E-state index in [2.05, 4.69) is 35.3 Å². The number of aromatic nitrogens is 1. The van der Waals surface area contributed by atoms with Gasteiger partial charge in [0.2, 0.25) is 5.82 Å². The van der Waals surface area contributed by atoms with Crippen LogP contribution in [0.2, 0.25) is 0 Å². The summed E-state index contributed by atoms with van der Waals surface area (Å²) in [6.07, 6.45) is 2.55. The summed E-state index contributed by atoms with van der Waals surface area (Å²) in [5.74, 6) is 1.23. The summed E-state index contributed by atoms with van der Waals surface area (Å²) in [5.41, 5.74) is 1.21. The van der Waals surface area contributed by atoms with E-state index in [1.54, 1.807) is 0 Å². The molecule has 2 aromatic rings. The van der Waals surface area contributed by atoms with E-state index in [9.17, 15) is 0 Å². The molecule has 0 radical (unpaired) electrons. The summed E-state index contributed by atoms with van der Waals surface area (Å²) in [7, 11) is 0. The van der Waals surface area contributed by atoms with Crippen LogP contribution in [0.3, 0.4) is 0 Å². The van der Waals surface area contributed by atoms with E-state index in [0.717, 1.165) is 17.0 Å². The van der Waals surface area contributed by atoms with Gasteiger partial charge in [-0.25, -0.2) is 3.89 Å². The number of aromatic amines is 1. The molecule has 0 aliphatic carbocycles. The summed E-state index contributed by atoms with van der Waals surface area (Å²) in [4.78, 5) is 3.47. The summed E-state index contributed by atoms with van der Waals surface area (Å²) in [6.45, 7) is 2.27. The van der Waals surface area contributed by atoms with Crippen molar-refractivity contribution in [3.8, 4) is 0 Å². The van der Waals surface area contributed by atoms with Crippen molar-refractivity contribution in [2.45, 2.75) is 12.8 Å². The molecule has 0 atom stereocenters. The zero-order valence-corrected chi connectivity index (χ0v) is 9.50. The van der Waals surface area contributed by atoms with Crippen LogP contribution in [0.15, 0.2) is 30.3 Å². The highest BCUT2D eigenvalue weighted by molar-refractivity contribution is 7.79. The van der Waals surface area contributed by atoms with Gasteiger partial charge in [-0.05, 0) is 6.07 Å². The van der Waals surface area contributed by atoms with Crippen molar-refractivity contribution < 1.29 is 0 Å². The van der Waals surface area contributed by atoms with Crippen molar-refractivity contribution in [3.05, 3.63) is 30.3 Å². The van der Waals surface area contributed by atoms with E-state index in [0.29, 0.717) is 0 Å². The molecule has 1 saturated heterocycles. The Kier molecular flexibility index (Phi) is 2.04. The zero-order valence-electron chi connectivity index (χ0n) is 8.61. The minimum atomic E-state index is 0.773. The van der Waals surface area contributed by atoms with E-state index in [-0.39, 0.29) is 0 Å². The molecular weight excluding hydrogens is 204 g/mol. The molecule has 0 unspecified atom stereocenters. The normalized spacial score (nSPS) is 19.8. The Morgan fingerprint density at radius 1 is 1.13 bits per heavy atom. The molecule has 2 heterocycles. The molecule has 0 spiro atoms. The standard InChI is InChI=1S/C12H15N2S/c15-14(7-3-4-8-14)12-9-10-5-1-2-6-11(10)13-12/h1-2,5-6,9,13,15H,3-4,7-8H2/q+1. The third-order valence-electron chi connectivity index (χ3n) is 3.27. The first-order valence-electron chi connectivity index (χ1n) is 5.46. The van der Waals surface area contributed by atoms with Crippen molar-refractivity contribution in [2.24, 2.45) is 0 Å². The van der Waals surface area contributed by atoms with E-state index in [4.69, 9.17) is 12.8 Å². The van der Waals surface area contributed by atoms with Crippen molar-refractivity contribution in [1.29, 1.82) is 0 Å². The monoisotopic (exact) mass is 219 g/mol. The number of thiol groups is 1. The first kappa shape index (κ1) is 9.31. The van der Waals surface area contributed by atoms with Gasteiger partial charge in [0.1, 0.15) is 0 Å². The molecule has 2 nitrogen and oxygen atoms in total. The van der Waals surface area contributed by atoms with Gasteiger partial charge in [0, 0.05) is 24.3 Å². The lowest BCUT2D eigenvalue weighted by Crippen LogP contribution is -2.35. The number of para-hydroxylation sites is 1. The second-order valence-corrected chi connectivity index (χ2v) is 5.08. The van der Waals surface area contributed by atoms with Crippen LogP contribution in [0.1, 0.15) is 12.8 Å². The van der Waals surface area contributed by atoms with E-state index >= 15 is 0 Å². The van der Waals surface area contributed by atoms with Crippen LogP contribution in [0.5, 0.6) is 0 Å². The third kappa shape index (κ3) is 1.46. The Morgan fingerprint density at radius 2 is 1.87 bits per heavy atom. The van der Waals surface area contributed by atoms with Gasteiger partial charge >= 0.3 is 0 Å². The van der Waals surface area contributed by atoms with Crippen LogP contribution in [0.25, 0.3) is 10.9 Å².